The highest BCUT2D eigenvalue weighted by molar-refractivity contribution is 14.0. The lowest BCUT2D eigenvalue weighted by Crippen LogP contribution is -2.57. The number of piperazine rings is 1. The molecule has 0 amide bonds. The number of anilines is 1. The summed E-state index contributed by atoms with van der Waals surface area (Å²) in [6, 6.07) is 10.6. The van der Waals surface area contributed by atoms with Crippen LogP contribution in [0, 0.1) is 0 Å². The SMILES string of the molecule is CN=C(NCCCN1CCN(c2ccccc2)CC1)N1CCS(=O)(=O)C(C)(C)C1.I. The largest absolute Gasteiger partial charge is 0.369 e. The molecule has 1 aromatic carbocycles. The Hall–Kier alpha value is -1.07. The fourth-order valence-electron chi connectivity index (χ4n) is 4.03. The van der Waals surface area contributed by atoms with Gasteiger partial charge in [0.05, 0.1) is 10.5 Å². The Labute approximate surface area is 198 Å². The molecule has 0 spiro atoms. The Morgan fingerprint density at radius 2 is 1.77 bits per heavy atom. The maximum atomic E-state index is 12.2. The van der Waals surface area contributed by atoms with Crippen molar-refractivity contribution in [2.45, 2.75) is 25.0 Å². The molecule has 0 aromatic heterocycles. The van der Waals surface area contributed by atoms with Crippen molar-refractivity contribution in [3.8, 4) is 0 Å². The highest BCUT2D eigenvalue weighted by Gasteiger charge is 2.40. The summed E-state index contributed by atoms with van der Waals surface area (Å²) in [6.45, 7) is 10.8. The summed E-state index contributed by atoms with van der Waals surface area (Å²) in [5.74, 6) is 0.994. The van der Waals surface area contributed by atoms with Crippen LogP contribution in [0.25, 0.3) is 0 Å². The topological polar surface area (TPSA) is 68.2 Å². The van der Waals surface area contributed by atoms with Crippen molar-refractivity contribution in [2.24, 2.45) is 4.99 Å². The number of rotatable bonds is 5. The molecule has 2 saturated heterocycles. The molecular formula is C21H36IN5O2S. The fraction of sp³-hybridized carbons (Fsp3) is 0.667. The minimum atomic E-state index is -3.04. The zero-order chi connectivity index (χ0) is 20.9. The van der Waals surface area contributed by atoms with E-state index in [0.29, 0.717) is 13.1 Å². The Bertz CT molecular complexity index is 793. The van der Waals surface area contributed by atoms with E-state index in [9.17, 15) is 8.42 Å². The van der Waals surface area contributed by atoms with E-state index >= 15 is 0 Å². The summed E-state index contributed by atoms with van der Waals surface area (Å²) < 4.78 is 23.7. The number of benzene rings is 1. The number of hydrogen-bond donors (Lipinski definition) is 1. The van der Waals surface area contributed by atoms with Gasteiger partial charge in [-0.3, -0.25) is 9.89 Å². The number of hydrogen-bond acceptors (Lipinski definition) is 5. The summed E-state index contributed by atoms with van der Waals surface area (Å²) >= 11 is 0. The van der Waals surface area contributed by atoms with Crippen LogP contribution in [0.4, 0.5) is 5.69 Å². The molecule has 0 radical (unpaired) electrons. The second-order valence-corrected chi connectivity index (χ2v) is 11.2. The predicted octanol–water partition coefficient (Wildman–Crippen LogP) is 1.90. The Morgan fingerprint density at radius 1 is 1.10 bits per heavy atom. The van der Waals surface area contributed by atoms with E-state index in [1.165, 1.54) is 5.69 Å². The molecule has 0 atom stereocenters. The van der Waals surface area contributed by atoms with Gasteiger partial charge in [-0.1, -0.05) is 18.2 Å². The average molecular weight is 550 g/mol. The van der Waals surface area contributed by atoms with Gasteiger partial charge in [0, 0.05) is 58.5 Å². The number of guanidine groups is 1. The molecule has 0 bridgehead atoms. The zero-order valence-corrected chi connectivity index (χ0v) is 21.5. The molecule has 170 valence electrons. The third kappa shape index (κ3) is 6.23. The first-order valence-corrected chi connectivity index (χ1v) is 12.2. The second-order valence-electron chi connectivity index (χ2n) is 8.49. The van der Waals surface area contributed by atoms with Gasteiger partial charge in [-0.25, -0.2) is 8.42 Å². The molecule has 0 aliphatic carbocycles. The smallest absolute Gasteiger partial charge is 0.193 e. The van der Waals surface area contributed by atoms with Gasteiger partial charge < -0.3 is 15.1 Å². The Balaban J connectivity index is 0.00000320. The van der Waals surface area contributed by atoms with Crippen LogP contribution >= 0.6 is 24.0 Å². The van der Waals surface area contributed by atoms with Gasteiger partial charge in [0.25, 0.3) is 0 Å². The summed E-state index contributed by atoms with van der Waals surface area (Å²) in [5, 5.41) is 3.42. The monoisotopic (exact) mass is 549 g/mol. The van der Waals surface area contributed by atoms with Crippen molar-refractivity contribution < 1.29 is 8.42 Å². The average Bonchev–Trinajstić information content (AvgIpc) is 2.71. The highest BCUT2D eigenvalue weighted by Crippen LogP contribution is 2.23. The van der Waals surface area contributed by atoms with Crippen LogP contribution in [0.3, 0.4) is 0 Å². The first kappa shape index (κ1) is 25.2. The molecule has 2 fully saturated rings. The van der Waals surface area contributed by atoms with E-state index in [4.69, 9.17) is 0 Å². The predicted molar refractivity (Wildman–Crippen MR) is 136 cm³/mol. The van der Waals surface area contributed by atoms with Crippen LogP contribution in [-0.2, 0) is 9.84 Å². The van der Waals surface area contributed by atoms with Crippen LogP contribution in [-0.4, -0.2) is 94.1 Å². The second kappa shape index (κ2) is 11.0. The van der Waals surface area contributed by atoms with Crippen molar-refractivity contribution in [2.75, 3.05) is 70.1 Å². The maximum absolute atomic E-state index is 12.2. The lowest BCUT2D eigenvalue weighted by Gasteiger charge is -2.39. The first-order valence-electron chi connectivity index (χ1n) is 10.5. The molecular weight excluding hydrogens is 513 g/mol. The molecule has 0 saturated carbocycles. The quantitative estimate of drug-likeness (QED) is 0.262. The van der Waals surface area contributed by atoms with Gasteiger partial charge in [-0.05, 0) is 38.9 Å². The number of aliphatic imine (C=N–C) groups is 1. The molecule has 2 heterocycles. The third-order valence-corrected chi connectivity index (χ3v) is 8.52. The number of para-hydroxylation sites is 1. The van der Waals surface area contributed by atoms with E-state index in [-0.39, 0.29) is 29.7 Å². The number of nitrogens with one attached hydrogen (secondary N) is 1. The molecule has 3 rings (SSSR count). The van der Waals surface area contributed by atoms with Gasteiger partial charge >= 0.3 is 0 Å². The van der Waals surface area contributed by atoms with Gasteiger partial charge in [-0.15, -0.1) is 24.0 Å². The highest BCUT2D eigenvalue weighted by atomic mass is 127. The van der Waals surface area contributed by atoms with Crippen molar-refractivity contribution >= 4 is 45.5 Å². The number of halogens is 1. The van der Waals surface area contributed by atoms with Gasteiger partial charge in [0.15, 0.2) is 15.8 Å². The summed E-state index contributed by atoms with van der Waals surface area (Å²) in [4.78, 5) is 11.4. The number of nitrogens with zero attached hydrogens (tertiary/aromatic N) is 4. The van der Waals surface area contributed by atoms with Gasteiger partial charge in [-0.2, -0.15) is 0 Å². The Kier molecular flexibility index (Phi) is 9.23. The van der Waals surface area contributed by atoms with Crippen LogP contribution in [0.15, 0.2) is 35.3 Å². The van der Waals surface area contributed by atoms with E-state index in [2.05, 4.69) is 55.3 Å². The summed E-state index contributed by atoms with van der Waals surface area (Å²) in [5.41, 5.74) is 1.31. The van der Waals surface area contributed by atoms with E-state index in [1.807, 2.05) is 0 Å². The van der Waals surface area contributed by atoms with Crippen LogP contribution in [0.1, 0.15) is 20.3 Å². The third-order valence-electron chi connectivity index (χ3n) is 5.98. The Morgan fingerprint density at radius 3 is 2.37 bits per heavy atom. The molecule has 30 heavy (non-hydrogen) atoms. The maximum Gasteiger partial charge on any atom is 0.193 e. The molecule has 1 N–H and O–H groups in total. The van der Waals surface area contributed by atoms with E-state index < -0.39 is 14.6 Å². The van der Waals surface area contributed by atoms with E-state index in [1.54, 1.807) is 20.9 Å². The normalized spacial score (nSPS) is 21.8. The molecule has 2 aliphatic heterocycles. The summed E-state index contributed by atoms with van der Waals surface area (Å²) in [6.07, 6.45) is 1.04. The van der Waals surface area contributed by atoms with Crippen molar-refractivity contribution in [1.29, 1.82) is 0 Å². The lowest BCUT2D eigenvalue weighted by atomic mass is 10.2. The van der Waals surface area contributed by atoms with Crippen LogP contribution < -0.4 is 10.2 Å². The minimum Gasteiger partial charge on any atom is -0.369 e. The zero-order valence-electron chi connectivity index (χ0n) is 18.4. The lowest BCUT2D eigenvalue weighted by molar-refractivity contribution is 0.254. The van der Waals surface area contributed by atoms with Crippen LogP contribution in [0.2, 0.25) is 0 Å². The van der Waals surface area contributed by atoms with Crippen molar-refractivity contribution in [3.63, 3.8) is 0 Å². The summed E-state index contributed by atoms with van der Waals surface area (Å²) in [7, 11) is -1.27. The van der Waals surface area contributed by atoms with Gasteiger partial charge in [0.2, 0.25) is 0 Å². The molecule has 0 unspecified atom stereocenters. The fourth-order valence-corrected chi connectivity index (χ4v) is 5.39. The van der Waals surface area contributed by atoms with E-state index in [0.717, 1.165) is 51.6 Å². The molecule has 9 heteroatoms. The minimum absolute atomic E-state index is 0. The molecule has 7 nitrogen and oxygen atoms in total. The molecule has 1 aromatic rings. The van der Waals surface area contributed by atoms with Crippen molar-refractivity contribution in [1.82, 2.24) is 15.1 Å². The first-order chi connectivity index (χ1) is 13.8. The number of sulfone groups is 1. The van der Waals surface area contributed by atoms with Gasteiger partial charge in [0.1, 0.15) is 0 Å². The van der Waals surface area contributed by atoms with Crippen molar-refractivity contribution in [3.05, 3.63) is 30.3 Å². The standard InChI is InChI=1S/C21H35N5O2S.HI/c1-21(2)18-26(16-17-29(21,27)28)20(22-3)23-10-7-11-24-12-14-25(15-13-24)19-8-5-4-6-9-19;/h4-6,8-9H,7,10-18H2,1-3H3,(H,22,23);1H. The van der Waals surface area contributed by atoms with Crippen LogP contribution in [0.5, 0.6) is 0 Å². The molecule has 2 aliphatic rings.